The summed E-state index contributed by atoms with van der Waals surface area (Å²) in [6.07, 6.45) is -0.328. The van der Waals surface area contributed by atoms with Crippen molar-refractivity contribution in [3.05, 3.63) is 23.8 Å². The van der Waals surface area contributed by atoms with E-state index in [1.165, 1.54) is 6.07 Å². The van der Waals surface area contributed by atoms with E-state index in [1.54, 1.807) is 0 Å². The van der Waals surface area contributed by atoms with E-state index in [0.29, 0.717) is 5.56 Å². The summed E-state index contributed by atoms with van der Waals surface area (Å²) in [6, 6.07) is 3.20. The van der Waals surface area contributed by atoms with Crippen molar-refractivity contribution in [2.75, 3.05) is 5.32 Å². The van der Waals surface area contributed by atoms with Gasteiger partial charge in [0.15, 0.2) is 0 Å². The molecule has 0 saturated heterocycles. The number of carbonyl (C=O) groups is 2. The second-order valence-electron chi connectivity index (χ2n) is 4.79. The number of aliphatic carboxylic acids is 1. The topological polar surface area (TPSA) is 110 Å². The number of nitrogens with one attached hydrogen (secondary N) is 1. The lowest BCUT2D eigenvalue weighted by atomic mass is 9.91. The minimum absolute atomic E-state index is 0.0692. The smallest absolute Gasteiger partial charge is 0.481 e. The molecule has 1 atom stereocenters. The molecule has 1 aliphatic rings. The Morgan fingerprint density at radius 2 is 2.04 bits per heavy atom. The van der Waals surface area contributed by atoms with E-state index in [-0.39, 0.29) is 12.1 Å². The molecule has 0 spiro atoms. The SMILES string of the molecule is O=C(O)CC1Cc2ccc(OS(=O)(=O)C(F)(F)F)cc2NC1=O. The lowest BCUT2D eigenvalue weighted by Gasteiger charge is -2.24. The fourth-order valence-corrected chi connectivity index (χ4v) is 2.50. The quantitative estimate of drug-likeness (QED) is 0.627. The molecule has 1 aromatic rings. The van der Waals surface area contributed by atoms with Gasteiger partial charge in [-0.3, -0.25) is 9.59 Å². The zero-order valence-electron chi connectivity index (χ0n) is 11.3. The highest BCUT2D eigenvalue weighted by molar-refractivity contribution is 7.88. The van der Waals surface area contributed by atoms with Crippen LogP contribution in [0.3, 0.4) is 0 Å². The first-order valence-electron chi connectivity index (χ1n) is 6.16. The predicted molar refractivity (Wildman–Crippen MR) is 70.1 cm³/mol. The van der Waals surface area contributed by atoms with Gasteiger partial charge in [-0.15, -0.1) is 0 Å². The first-order chi connectivity index (χ1) is 10.5. The van der Waals surface area contributed by atoms with Gasteiger partial charge in [0, 0.05) is 11.8 Å². The average molecular weight is 353 g/mol. The number of anilines is 1. The van der Waals surface area contributed by atoms with Gasteiger partial charge < -0.3 is 14.6 Å². The highest BCUT2D eigenvalue weighted by Gasteiger charge is 2.48. The van der Waals surface area contributed by atoms with Crippen LogP contribution in [-0.2, 0) is 26.1 Å². The number of carboxylic acid groups (broad SMARTS) is 1. The fraction of sp³-hybridized carbons (Fsp3) is 0.333. The van der Waals surface area contributed by atoms with Gasteiger partial charge in [-0.2, -0.15) is 21.6 Å². The molecule has 1 aromatic carbocycles. The van der Waals surface area contributed by atoms with Crippen LogP contribution in [0.25, 0.3) is 0 Å². The van der Waals surface area contributed by atoms with Gasteiger partial charge in [0.1, 0.15) is 5.75 Å². The third-order valence-corrected chi connectivity index (χ3v) is 4.07. The molecule has 2 rings (SSSR count). The molecule has 0 aliphatic carbocycles. The van der Waals surface area contributed by atoms with Crippen LogP contribution < -0.4 is 9.50 Å². The highest BCUT2D eigenvalue weighted by Crippen LogP contribution is 2.33. The Kier molecular flexibility index (Phi) is 4.24. The third kappa shape index (κ3) is 3.73. The minimum Gasteiger partial charge on any atom is -0.481 e. The minimum atomic E-state index is -5.81. The number of carbonyl (C=O) groups excluding carboxylic acids is 1. The van der Waals surface area contributed by atoms with Crippen molar-refractivity contribution < 1.29 is 40.5 Å². The number of carboxylic acids is 1. The van der Waals surface area contributed by atoms with Gasteiger partial charge in [-0.25, -0.2) is 0 Å². The fourth-order valence-electron chi connectivity index (χ4n) is 2.04. The van der Waals surface area contributed by atoms with E-state index in [0.717, 1.165) is 12.1 Å². The van der Waals surface area contributed by atoms with Gasteiger partial charge >= 0.3 is 21.6 Å². The molecule has 2 N–H and O–H groups in total. The first-order valence-corrected chi connectivity index (χ1v) is 7.57. The number of alkyl halides is 3. The molecule has 1 aliphatic heterocycles. The Morgan fingerprint density at radius 3 is 2.61 bits per heavy atom. The van der Waals surface area contributed by atoms with Crippen LogP contribution in [0.5, 0.6) is 5.75 Å². The monoisotopic (exact) mass is 353 g/mol. The molecular weight excluding hydrogens is 343 g/mol. The lowest BCUT2D eigenvalue weighted by molar-refractivity contribution is -0.140. The zero-order chi connectivity index (χ0) is 17.4. The maximum Gasteiger partial charge on any atom is 0.534 e. The van der Waals surface area contributed by atoms with Crippen molar-refractivity contribution in [2.24, 2.45) is 5.92 Å². The second kappa shape index (κ2) is 5.72. The zero-order valence-corrected chi connectivity index (χ0v) is 12.1. The normalized spacial score (nSPS) is 18.0. The standard InChI is InChI=1S/C12H10F3NO6S/c13-12(14,15)23(20,21)22-8-2-1-6-3-7(4-10(17)18)11(19)16-9(6)5-8/h1-2,5,7H,3-4H2,(H,16,19)(H,17,18). The van der Waals surface area contributed by atoms with Crippen LogP contribution in [0.15, 0.2) is 18.2 Å². The van der Waals surface area contributed by atoms with Crippen molar-refractivity contribution in [1.29, 1.82) is 0 Å². The lowest BCUT2D eigenvalue weighted by Crippen LogP contribution is -2.32. The van der Waals surface area contributed by atoms with E-state index in [2.05, 4.69) is 9.50 Å². The van der Waals surface area contributed by atoms with E-state index in [4.69, 9.17) is 5.11 Å². The van der Waals surface area contributed by atoms with Gasteiger partial charge in [0.2, 0.25) is 5.91 Å². The van der Waals surface area contributed by atoms with Crippen LogP contribution in [0, 0.1) is 5.92 Å². The Balaban J connectivity index is 2.24. The predicted octanol–water partition coefficient (Wildman–Crippen LogP) is 1.50. The van der Waals surface area contributed by atoms with Gasteiger partial charge in [-0.1, -0.05) is 6.07 Å². The summed E-state index contributed by atoms with van der Waals surface area (Å²) in [5.41, 5.74) is -5.03. The van der Waals surface area contributed by atoms with Crippen LogP contribution in [0.4, 0.5) is 18.9 Å². The number of hydrogen-bond donors (Lipinski definition) is 2. The molecule has 1 amide bonds. The molecule has 0 radical (unpaired) electrons. The number of amides is 1. The van der Waals surface area contributed by atoms with E-state index in [1.807, 2.05) is 0 Å². The number of rotatable bonds is 4. The van der Waals surface area contributed by atoms with Gasteiger partial charge in [0.05, 0.1) is 12.3 Å². The molecule has 0 saturated carbocycles. The van der Waals surface area contributed by atoms with Crippen LogP contribution in [0.1, 0.15) is 12.0 Å². The molecular formula is C12H10F3NO6S. The van der Waals surface area contributed by atoms with Gasteiger partial charge in [0.25, 0.3) is 0 Å². The summed E-state index contributed by atoms with van der Waals surface area (Å²) < 4.78 is 62.6. The molecule has 1 heterocycles. The number of fused-ring (bicyclic) bond motifs is 1. The molecule has 0 aromatic heterocycles. The molecule has 126 valence electrons. The average Bonchev–Trinajstić information content (AvgIpc) is 2.37. The van der Waals surface area contributed by atoms with Crippen molar-refractivity contribution >= 4 is 27.7 Å². The van der Waals surface area contributed by atoms with Crippen molar-refractivity contribution in [2.45, 2.75) is 18.3 Å². The highest BCUT2D eigenvalue weighted by atomic mass is 32.2. The number of benzene rings is 1. The van der Waals surface area contributed by atoms with Crippen molar-refractivity contribution in [1.82, 2.24) is 0 Å². The Hall–Kier alpha value is -2.30. The third-order valence-electron chi connectivity index (χ3n) is 3.09. The first kappa shape index (κ1) is 17.1. The number of hydrogen-bond acceptors (Lipinski definition) is 5. The molecule has 0 fully saturated rings. The summed E-state index contributed by atoms with van der Waals surface area (Å²) >= 11 is 0. The molecule has 23 heavy (non-hydrogen) atoms. The Bertz CT molecular complexity index is 759. The van der Waals surface area contributed by atoms with Crippen LogP contribution >= 0.6 is 0 Å². The van der Waals surface area contributed by atoms with Crippen LogP contribution in [-0.4, -0.2) is 30.9 Å². The van der Waals surface area contributed by atoms with E-state index in [9.17, 15) is 31.2 Å². The van der Waals surface area contributed by atoms with Gasteiger partial charge in [-0.05, 0) is 18.1 Å². The van der Waals surface area contributed by atoms with Crippen LogP contribution in [0.2, 0.25) is 0 Å². The Morgan fingerprint density at radius 1 is 1.39 bits per heavy atom. The largest absolute Gasteiger partial charge is 0.534 e. The van der Waals surface area contributed by atoms with E-state index < -0.39 is 45.6 Å². The summed E-state index contributed by atoms with van der Waals surface area (Å²) in [6.45, 7) is 0. The summed E-state index contributed by atoms with van der Waals surface area (Å²) in [4.78, 5) is 22.4. The molecule has 7 nitrogen and oxygen atoms in total. The molecule has 1 unspecified atom stereocenters. The summed E-state index contributed by atoms with van der Waals surface area (Å²) in [5, 5.41) is 11.0. The number of halogens is 3. The molecule has 11 heteroatoms. The summed E-state index contributed by atoms with van der Waals surface area (Å²) in [7, 11) is -5.81. The maximum atomic E-state index is 12.3. The second-order valence-corrected chi connectivity index (χ2v) is 6.33. The summed E-state index contributed by atoms with van der Waals surface area (Å²) in [5.74, 6) is -3.20. The van der Waals surface area contributed by atoms with Crippen molar-refractivity contribution in [3.8, 4) is 5.75 Å². The van der Waals surface area contributed by atoms with Crippen molar-refractivity contribution in [3.63, 3.8) is 0 Å². The molecule has 0 bridgehead atoms. The van der Waals surface area contributed by atoms with E-state index >= 15 is 0 Å². The maximum absolute atomic E-state index is 12.3. The Labute approximate surface area is 128 Å².